The zero-order valence-electron chi connectivity index (χ0n) is 11.8. The summed E-state index contributed by atoms with van der Waals surface area (Å²) in [4.78, 5) is 6.82. The van der Waals surface area contributed by atoms with Crippen LogP contribution in [0.2, 0.25) is 0 Å². The van der Waals surface area contributed by atoms with Crippen molar-refractivity contribution in [3.05, 3.63) is 42.5 Å². The summed E-state index contributed by atoms with van der Waals surface area (Å²) in [6, 6.07) is 14.4. The van der Waals surface area contributed by atoms with E-state index < -0.39 is 0 Å². The molecule has 3 aromatic rings. The largest absolute Gasteiger partial charge is 0.497 e. The molecule has 3 nitrogen and oxygen atoms in total. The highest BCUT2D eigenvalue weighted by atomic mass is 32.1. The van der Waals surface area contributed by atoms with E-state index in [1.807, 2.05) is 38.4 Å². The number of benzene rings is 2. The Balaban J connectivity index is 2.03. The molecule has 0 atom stereocenters. The molecule has 0 radical (unpaired) electrons. The Bertz CT molecular complexity index is 732. The van der Waals surface area contributed by atoms with Gasteiger partial charge in [0.1, 0.15) is 10.8 Å². The molecular formula is C16H16N2OS. The maximum Gasteiger partial charge on any atom is 0.124 e. The van der Waals surface area contributed by atoms with Crippen LogP contribution in [0.4, 0.5) is 5.69 Å². The van der Waals surface area contributed by atoms with E-state index in [4.69, 9.17) is 9.72 Å². The minimum absolute atomic E-state index is 0.866. The van der Waals surface area contributed by atoms with Crippen molar-refractivity contribution < 1.29 is 4.74 Å². The van der Waals surface area contributed by atoms with E-state index in [0.717, 1.165) is 21.8 Å². The van der Waals surface area contributed by atoms with Crippen LogP contribution in [-0.4, -0.2) is 26.2 Å². The first-order valence-electron chi connectivity index (χ1n) is 6.40. The molecule has 0 fully saturated rings. The van der Waals surface area contributed by atoms with Gasteiger partial charge in [0.05, 0.1) is 17.3 Å². The molecule has 1 heterocycles. The minimum atomic E-state index is 0.866. The third-order valence-corrected chi connectivity index (χ3v) is 4.31. The van der Waals surface area contributed by atoms with Crippen LogP contribution in [0.25, 0.3) is 20.8 Å². The van der Waals surface area contributed by atoms with Gasteiger partial charge in [0.2, 0.25) is 0 Å². The number of ether oxygens (including phenoxy) is 1. The van der Waals surface area contributed by atoms with Gasteiger partial charge in [0.15, 0.2) is 0 Å². The number of fused-ring (bicyclic) bond motifs is 1. The fourth-order valence-electron chi connectivity index (χ4n) is 2.05. The summed E-state index contributed by atoms with van der Waals surface area (Å²) in [7, 11) is 5.76. The fraction of sp³-hybridized carbons (Fsp3) is 0.188. The number of nitrogens with zero attached hydrogens (tertiary/aromatic N) is 2. The first-order valence-corrected chi connectivity index (χ1v) is 7.21. The Labute approximate surface area is 122 Å². The maximum absolute atomic E-state index is 5.18. The van der Waals surface area contributed by atoms with Crippen LogP contribution in [0.5, 0.6) is 5.75 Å². The SMILES string of the molecule is COc1ccc(-c2nc3cc(N(C)C)ccc3s2)cc1. The van der Waals surface area contributed by atoms with Gasteiger partial charge in [-0.1, -0.05) is 0 Å². The molecule has 0 aliphatic carbocycles. The molecule has 0 saturated heterocycles. The summed E-state index contributed by atoms with van der Waals surface area (Å²) < 4.78 is 6.39. The highest BCUT2D eigenvalue weighted by Gasteiger charge is 2.07. The molecule has 2 aromatic carbocycles. The van der Waals surface area contributed by atoms with Gasteiger partial charge in [0.25, 0.3) is 0 Å². The van der Waals surface area contributed by atoms with Crippen LogP contribution >= 0.6 is 11.3 Å². The van der Waals surface area contributed by atoms with Gasteiger partial charge >= 0.3 is 0 Å². The molecule has 1 aromatic heterocycles. The van der Waals surface area contributed by atoms with Crippen molar-refractivity contribution in [1.29, 1.82) is 0 Å². The van der Waals surface area contributed by atoms with Crippen molar-refractivity contribution in [2.75, 3.05) is 26.1 Å². The topological polar surface area (TPSA) is 25.4 Å². The lowest BCUT2D eigenvalue weighted by Crippen LogP contribution is -2.07. The zero-order chi connectivity index (χ0) is 14.1. The van der Waals surface area contributed by atoms with E-state index in [-0.39, 0.29) is 0 Å². The lowest BCUT2D eigenvalue weighted by Gasteiger charge is -2.11. The number of hydrogen-bond acceptors (Lipinski definition) is 4. The number of hydrogen-bond donors (Lipinski definition) is 0. The third-order valence-electron chi connectivity index (χ3n) is 3.22. The average molecular weight is 284 g/mol. The predicted octanol–water partition coefficient (Wildman–Crippen LogP) is 4.04. The molecule has 20 heavy (non-hydrogen) atoms. The van der Waals surface area contributed by atoms with Gasteiger partial charge in [-0.2, -0.15) is 0 Å². The van der Waals surface area contributed by atoms with Crippen molar-refractivity contribution in [2.24, 2.45) is 0 Å². The fourth-order valence-corrected chi connectivity index (χ4v) is 3.00. The summed E-state index contributed by atoms with van der Waals surface area (Å²) in [5.74, 6) is 0.866. The van der Waals surface area contributed by atoms with E-state index in [9.17, 15) is 0 Å². The summed E-state index contributed by atoms with van der Waals surface area (Å²) in [6.07, 6.45) is 0. The van der Waals surface area contributed by atoms with Gasteiger partial charge in [-0.05, 0) is 42.5 Å². The van der Waals surface area contributed by atoms with Crippen LogP contribution in [0.15, 0.2) is 42.5 Å². The van der Waals surface area contributed by atoms with Crippen LogP contribution in [0, 0.1) is 0 Å². The van der Waals surface area contributed by atoms with Crippen molar-refractivity contribution in [3.63, 3.8) is 0 Å². The molecule has 4 heteroatoms. The average Bonchev–Trinajstić information content (AvgIpc) is 2.90. The number of methoxy groups -OCH3 is 1. The van der Waals surface area contributed by atoms with E-state index in [1.54, 1.807) is 18.4 Å². The highest BCUT2D eigenvalue weighted by Crippen LogP contribution is 2.32. The van der Waals surface area contributed by atoms with Crippen LogP contribution < -0.4 is 9.64 Å². The zero-order valence-corrected chi connectivity index (χ0v) is 12.6. The summed E-state index contributed by atoms with van der Waals surface area (Å²) >= 11 is 1.71. The van der Waals surface area contributed by atoms with Crippen LogP contribution in [0.3, 0.4) is 0 Å². The number of rotatable bonds is 3. The smallest absolute Gasteiger partial charge is 0.124 e. The predicted molar refractivity (Wildman–Crippen MR) is 85.9 cm³/mol. The summed E-state index contributed by atoms with van der Waals surface area (Å²) in [5, 5.41) is 1.04. The van der Waals surface area contributed by atoms with E-state index in [1.165, 1.54) is 10.4 Å². The van der Waals surface area contributed by atoms with Crippen molar-refractivity contribution in [1.82, 2.24) is 4.98 Å². The lowest BCUT2D eigenvalue weighted by molar-refractivity contribution is 0.415. The van der Waals surface area contributed by atoms with Gasteiger partial charge in [-0.25, -0.2) is 4.98 Å². The minimum Gasteiger partial charge on any atom is -0.497 e. The number of anilines is 1. The molecule has 0 bridgehead atoms. The van der Waals surface area contributed by atoms with E-state index in [0.29, 0.717) is 0 Å². The van der Waals surface area contributed by atoms with Crippen molar-refractivity contribution >= 4 is 27.2 Å². The Kier molecular flexibility index (Phi) is 3.32. The first-order chi connectivity index (χ1) is 9.67. The number of aromatic nitrogens is 1. The molecule has 0 saturated carbocycles. The second kappa shape index (κ2) is 5.13. The van der Waals surface area contributed by atoms with Gasteiger partial charge in [-0.3, -0.25) is 0 Å². The second-order valence-corrected chi connectivity index (χ2v) is 5.82. The normalized spacial score (nSPS) is 10.8. The van der Waals surface area contributed by atoms with E-state index in [2.05, 4.69) is 23.1 Å². The van der Waals surface area contributed by atoms with Crippen molar-refractivity contribution in [2.45, 2.75) is 0 Å². The third kappa shape index (κ3) is 2.34. The Morgan fingerprint density at radius 3 is 2.45 bits per heavy atom. The van der Waals surface area contributed by atoms with Gasteiger partial charge in [-0.15, -0.1) is 11.3 Å². The molecule has 0 amide bonds. The Morgan fingerprint density at radius 1 is 1.05 bits per heavy atom. The molecule has 0 aliphatic heterocycles. The molecular weight excluding hydrogens is 268 g/mol. The maximum atomic E-state index is 5.18. The summed E-state index contributed by atoms with van der Waals surface area (Å²) in [5.41, 5.74) is 3.34. The molecule has 0 unspecified atom stereocenters. The second-order valence-electron chi connectivity index (χ2n) is 4.79. The molecule has 0 spiro atoms. The monoisotopic (exact) mass is 284 g/mol. The van der Waals surface area contributed by atoms with Gasteiger partial charge < -0.3 is 9.64 Å². The van der Waals surface area contributed by atoms with Gasteiger partial charge in [0, 0.05) is 25.3 Å². The first kappa shape index (κ1) is 12.9. The number of thiazole rings is 1. The molecule has 0 N–H and O–H groups in total. The van der Waals surface area contributed by atoms with Crippen molar-refractivity contribution in [3.8, 4) is 16.3 Å². The van der Waals surface area contributed by atoms with E-state index >= 15 is 0 Å². The van der Waals surface area contributed by atoms with Crippen LogP contribution in [-0.2, 0) is 0 Å². The standard InChI is InChI=1S/C16H16N2OS/c1-18(2)12-6-9-15-14(10-12)17-16(20-15)11-4-7-13(19-3)8-5-11/h4-10H,1-3H3. The molecule has 102 valence electrons. The highest BCUT2D eigenvalue weighted by molar-refractivity contribution is 7.21. The Hall–Kier alpha value is -2.07. The quantitative estimate of drug-likeness (QED) is 0.726. The Morgan fingerprint density at radius 2 is 1.80 bits per heavy atom. The molecule has 0 aliphatic rings. The lowest BCUT2D eigenvalue weighted by atomic mass is 10.2. The molecule has 3 rings (SSSR count). The van der Waals surface area contributed by atoms with Crippen LogP contribution in [0.1, 0.15) is 0 Å². The summed E-state index contributed by atoms with van der Waals surface area (Å²) in [6.45, 7) is 0.